The van der Waals surface area contributed by atoms with Crippen LogP contribution in [0.4, 0.5) is 4.79 Å². The molecule has 3 amide bonds. The van der Waals surface area contributed by atoms with Gasteiger partial charge in [-0.2, -0.15) is 0 Å². The molecule has 0 spiro atoms. The van der Waals surface area contributed by atoms with E-state index in [1.165, 1.54) is 4.90 Å². The second-order valence-corrected chi connectivity index (χ2v) is 3.09. The minimum absolute atomic E-state index is 0.191. The number of urea groups is 1. The molecule has 1 aliphatic rings. The quantitative estimate of drug-likeness (QED) is 0.618. The highest BCUT2D eigenvalue weighted by molar-refractivity contribution is 5.86. The first kappa shape index (κ1) is 9.83. The Balaban J connectivity index is 2.57. The number of rotatable bonds is 2. The Morgan fingerprint density at radius 2 is 2.31 bits per heavy atom. The van der Waals surface area contributed by atoms with Gasteiger partial charge in [0.15, 0.2) is 0 Å². The van der Waals surface area contributed by atoms with Crippen molar-refractivity contribution in [3.63, 3.8) is 0 Å². The van der Waals surface area contributed by atoms with Gasteiger partial charge in [-0.05, 0) is 19.8 Å². The van der Waals surface area contributed by atoms with E-state index in [-0.39, 0.29) is 6.03 Å². The van der Waals surface area contributed by atoms with Gasteiger partial charge in [-0.3, -0.25) is 4.79 Å². The first-order valence-electron chi connectivity index (χ1n) is 4.50. The highest BCUT2D eigenvalue weighted by Gasteiger charge is 2.32. The standard InChI is InChI=1S/C8H15N3O2/c1-2-10-8(13)11-5-3-4-6(11)7(9)12/h6H,2-5H2,1H3,(H2,9,12)(H,10,13)/t6-/m0/s1. The molecule has 1 aliphatic heterocycles. The zero-order chi connectivity index (χ0) is 9.84. The van der Waals surface area contributed by atoms with Crippen LogP contribution in [0.5, 0.6) is 0 Å². The molecule has 1 atom stereocenters. The molecule has 0 radical (unpaired) electrons. The predicted molar refractivity (Wildman–Crippen MR) is 48.0 cm³/mol. The van der Waals surface area contributed by atoms with Crippen LogP contribution in [-0.2, 0) is 4.79 Å². The number of nitrogens with one attached hydrogen (secondary N) is 1. The zero-order valence-electron chi connectivity index (χ0n) is 7.75. The number of nitrogens with two attached hydrogens (primary N) is 1. The van der Waals surface area contributed by atoms with E-state index in [0.717, 1.165) is 6.42 Å². The van der Waals surface area contributed by atoms with E-state index in [4.69, 9.17) is 5.73 Å². The van der Waals surface area contributed by atoms with Gasteiger partial charge in [0.25, 0.3) is 0 Å². The van der Waals surface area contributed by atoms with Crippen molar-refractivity contribution in [2.45, 2.75) is 25.8 Å². The van der Waals surface area contributed by atoms with E-state index in [2.05, 4.69) is 5.32 Å². The normalized spacial score (nSPS) is 21.6. The SMILES string of the molecule is CCNC(=O)N1CCC[C@H]1C(N)=O. The molecule has 74 valence electrons. The average Bonchev–Trinajstić information content (AvgIpc) is 2.52. The van der Waals surface area contributed by atoms with E-state index in [0.29, 0.717) is 19.5 Å². The maximum atomic E-state index is 11.4. The molecule has 0 aromatic rings. The van der Waals surface area contributed by atoms with E-state index >= 15 is 0 Å². The summed E-state index contributed by atoms with van der Waals surface area (Å²) < 4.78 is 0. The van der Waals surface area contributed by atoms with Crippen LogP contribution in [0.15, 0.2) is 0 Å². The Bertz CT molecular complexity index is 217. The van der Waals surface area contributed by atoms with Crippen LogP contribution >= 0.6 is 0 Å². The Hall–Kier alpha value is -1.26. The molecule has 5 heteroatoms. The molecule has 1 saturated heterocycles. The predicted octanol–water partition coefficient (Wildman–Crippen LogP) is -0.334. The monoisotopic (exact) mass is 185 g/mol. The van der Waals surface area contributed by atoms with Gasteiger partial charge in [-0.25, -0.2) is 4.79 Å². The summed E-state index contributed by atoms with van der Waals surface area (Å²) in [6.07, 6.45) is 1.54. The van der Waals surface area contributed by atoms with Crippen LogP contribution in [0.25, 0.3) is 0 Å². The van der Waals surface area contributed by atoms with Gasteiger partial charge in [0.1, 0.15) is 6.04 Å². The molecule has 1 heterocycles. The van der Waals surface area contributed by atoms with Gasteiger partial charge >= 0.3 is 6.03 Å². The second-order valence-electron chi connectivity index (χ2n) is 3.09. The summed E-state index contributed by atoms with van der Waals surface area (Å²) in [6.45, 7) is 3.04. The summed E-state index contributed by atoms with van der Waals surface area (Å²) in [4.78, 5) is 23.8. The molecule has 0 bridgehead atoms. The summed E-state index contributed by atoms with van der Waals surface area (Å²) in [7, 11) is 0. The third kappa shape index (κ3) is 2.11. The van der Waals surface area contributed by atoms with Crippen molar-refractivity contribution in [2.24, 2.45) is 5.73 Å². The van der Waals surface area contributed by atoms with E-state index in [9.17, 15) is 9.59 Å². The number of carbonyl (C=O) groups excluding carboxylic acids is 2. The molecule has 13 heavy (non-hydrogen) atoms. The van der Waals surface area contributed by atoms with E-state index in [1.54, 1.807) is 0 Å². The Kier molecular flexibility index (Phi) is 3.11. The number of hydrogen-bond acceptors (Lipinski definition) is 2. The van der Waals surface area contributed by atoms with Gasteiger partial charge in [0.05, 0.1) is 0 Å². The number of nitrogens with zero attached hydrogens (tertiary/aromatic N) is 1. The summed E-state index contributed by atoms with van der Waals surface area (Å²) >= 11 is 0. The van der Waals surface area contributed by atoms with Crippen LogP contribution in [-0.4, -0.2) is 36.0 Å². The number of primary amides is 1. The van der Waals surface area contributed by atoms with Crippen LogP contribution in [0, 0.1) is 0 Å². The Morgan fingerprint density at radius 3 is 2.85 bits per heavy atom. The average molecular weight is 185 g/mol. The number of likely N-dealkylation sites (tertiary alicyclic amines) is 1. The minimum Gasteiger partial charge on any atom is -0.368 e. The first-order chi connectivity index (χ1) is 6.16. The van der Waals surface area contributed by atoms with Crippen LogP contribution in [0.1, 0.15) is 19.8 Å². The highest BCUT2D eigenvalue weighted by atomic mass is 16.2. The van der Waals surface area contributed by atoms with Crippen LogP contribution < -0.4 is 11.1 Å². The lowest BCUT2D eigenvalue weighted by atomic mass is 10.2. The maximum Gasteiger partial charge on any atom is 0.318 e. The minimum atomic E-state index is -0.413. The lowest BCUT2D eigenvalue weighted by molar-refractivity contribution is -0.121. The summed E-state index contributed by atoms with van der Waals surface area (Å²) in [5.41, 5.74) is 5.16. The van der Waals surface area contributed by atoms with Crippen molar-refractivity contribution in [1.29, 1.82) is 0 Å². The smallest absolute Gasteiger partial charge is 0.318 e. The van der Waals surface area contributed by atoms with Crippen molar-refractivity contribution in [3.8, 4) is 0 Å². The van der Waals surface area contributed by atoms with Gasteiger partial charge in [0.2, 0.25) is 5.91 Å². The third-order valence-electron chi connectivity index (χ3n) is 2.17. The fraction of sp³-hybridized carbons (Fsp3) is 0.750. The highest BCUT2D eigenvalue weighted by Crippen LogP contribution is 2.16. The lowest BCUT2D eigenvalue weighted by Gasteiger charge is -2.21. The lowest BCUT2D eigenvalue weighted by Crippen LogP contribution is -2.48. The van der Waals surface area contributed by atoms with Crippen LogP contribution in [0.2, 0.25) is 0 Å². The molecule has 1 rings (SSSR count). The van der Waals surface area contributed by atoms with E-state index < -0.39 is 11.9 Å². The summed E-state index contributed by atoms with van der Waals surface area (Å²) in [5.74, 6) is -0.413. The summed E-state index contributed by atoms with van der Waals surface area (Å²) in [5, 5.41) is 2.65. The molecule has 0 aliphatic carbocycles. The van der Waals surface area contributed by atoms with Crippen molar-refractivity contribution >= 4 is 11.9 Å². The number of hydrogen-bond donors (Lipinski definition) is 2. The van der Waals surface area contributed by atoms with Crippen molar-refractivity contribution in [1.82, 2.24) is 10.2 Å². The summed E-state index contributed by atoms with van der Waals surface area (Å²) in [6, 6.07) is -0.602. The number of carbonyl (C=O) groups is 2. The van der Waals surface area contributed by atoms with E-state index in [1.807, 2.05) is 6.92 Å². The third-order valence-corrected chi connectivity index (χ3v) is 2.17. The fourth-order valence-electron chi connectivity index (χ4n) is 1.56. The fourth-order valence-corrected chi connectivity index (χ4v) is 1.56. The molecule has 0 unspecified atom stereocenters. The maximum absolute atomic E-state index is 11.4. The first-order valence-corrected chi connectivity index (χ1v) is 4.50. The topological polar surface area (TPSA) is 75.4 Å². The van der Waals surface area contributed by atoms with Crippen molar-refractivity contribution in [2.75, 3.05) is 13.1 Å². The molecule has 3 N–H and O–H groups in total. The van der Waals surface area contributed by atoms with Crippen LogP contribution in [0.3, 0.4) is 0 Å². The van der Waals surface area contributed by atoms with Gasteiger partial charge in [-0.1, -0.05) is 0 Å². The second kappa shape index (κ2) is 4.11. The van der Waals surface area contributed by atoms with Crippen molar-refractivity contribution in [3.05, 3.63) is 0 Å². The molecule has 0 aromatic heterocycles. The van der Waals surface area contributed by atoms with Gasteiger partial charge < -0.3 is 16.0 Å². The molecule has 5 nitrogen and oxygen atoms in total. The van der Waals surface area contributed by atoms with Crippen molar-refractivity contribution < 1.29 is 9.59 Å². The molecular weight excluding hydrogens is 170 g/mol. The molecule has 0 saturated carbocycles. The largest absolute Gasteiger partial charge is 0.368 e. The van der Waals surface area contributed by atoms with Gasteiger partial charge in [-0.15, -0.1) is 0 Å². The Labute approximate surface area is 77.3 Å². The molecule has 1 fully saturated rings. The zero-order valence-corrected chi connectivity index (χ0v) is 7.75. The molecule has 0 aromatic carbocycles. The van der Waals surface area contributed by atoms with Gasteiger partial charge in [0, 0.05) is 13.1 Å². The molecular formula is C8H15N3O2. The number of amides is 3. The Morgan fingerprint density at radius 1 is 1.62 bits per heavy atom.